The number of amides is 3. The summed E-state index contributed by atoms with van der Waals surface area (Å²) >= 11 is 0. The summed E-state index contributed by atoms with van der Waals surface area (Å²) in [5.74, 6) is 0.0694. The zero-order valence-corrected chi connectivity index (χ0v) is 14.5. The van der Waals surface area contributed by atoms with Gasteiger partial charge in [0.25, 0.3) is 0 Å². The number of piperazine rings is 1. The Labute approximate surface area is 143 Å². The number of nitrogens with one attached hydrogen (secondary N) is 1. The van der Waals surface area contributed by atoms with Crippen molar-refractivity contribution in [2.75, 3.05) is 44.2 Å². The number of benzene rings is 1. The number of aryl methyl sites for hydroxylation is 1. The molecule has 2 heterocycles. The normalized spacial score (nSPS) is 22.1. The second-order valence-corrected chi connectivity index (χ2v) is 6.61. The van der Waals surface area contributed by atoms with Crippen molar-refractivity contribution in [2.45, 2.75) is 26.3 Å². The van der Waals surface area contributed by atoms with Crippen LogP contribution in [0.2, 0.25) is 0 Å². The molecule has 2 fully saturated rings. The molecule has 1 atom stereocenters. The van der Waals surface area contributed by atoms with Crippen molar-refractivity contribution in [2.24, 2.45) is 0 Å². The van der Waals surface area contributed by atoms with Crippen LogP contribution in [0.25, 0.3) is 0 Å². The predicted octanol–water partition coefficient (Wildman–Crippen LogP) is 1.45. The number of carbonyl (C=O) groups is 2. The third-order valence-corrected chi connectivity index (χ3v) is 4.90. The lowest BCUT2D eigenvalue weighted by atomic mass is 10.2. The minimum absolute atomic E-state index is 0.0469. The van der Waals surface area contributed by atoms with E-state index in [2.05, 4.69) is 17.1 Å². The van der Waals surface area contributed by atoms with Crippen LogP contribution < -0.4 is 10.2 Å². The van der Waals surface area contributed by atoms with Crippen molar-refractivity contribution in [1.82, 2.24) is 15.1 Å². The van der Waals surface area contributed by atoms with E-state index in [-0.39, 0.29) is 18.0 Å². The topological polar surface area (TPSA) is 55.9 Å². The summed E-state index contributed by atoms with van der Waals surface area (Å²) in [7, 11) is 0. The maximum absolute atomic E-state index is 12.4. The van der Waals surface area contributed by atoms with Crippen molar-refractivity contribution in [1.29, 1.82) is 0 Å². The van der Waals surface area contributed by atoms with Crippen LogP contribution in [0.3, 0.4) is 0 Å². The highest BCUT2D eigenvalue weighted by Crippen LogP contribution is 2.22. The molecule has 1 aromatic rings. The van der Waals surface area contributed by atoms with Crippen LogP contribution in [0.4, 0.5) is 10.5 Å². The average Bonchev–Trinajstić information content (AvgIpc) is 2.96. The second-order valence-electron chi connectivity index (χ2n) is 6.61. The number of carbonyl (C=O) groups excluding carboxylic acids is 2. The zero-order valence-electron chi connectivity index (χ0n) is 14.5. The first-order valence-electron chi connectivity index (χ1n) is 8.71. The van der Waals surface area contributed by atoms with E-state index < -0.39 is 0 Å². The van der Waals surface area contributed by atoms with Crippen LogP contribution >= 0.6 is 0 Å². The zero-order chi connectivity index (χ0) is 17.1. The van der Waals surface area contributed by atoms with Gasteiger partial charge in [0, 0.05) is 44.8 Å². The molecule has 2 saturated heterocycles. The standard InChI is InChI=1S/C18H26N4O2/c1-3-20-8-10-21(11-9-20)18(24)19-15-12-17(23)22(13-15)16-6-4-14(2)5-7-16/h4-7,15H,3,8-13H2,1-2H3,(H,19,24)/t15-/m0/s1. The SMILES string of the molecule is CCN1CCN(C(=O)N[C@H]2CC(=O)N(c3ccc(C)cc3)C2)CC1. The molecule has 0 bridgehead atoms. The van der Waals surface area contributed by atoms with Crippen LogP contribution in [0.1, 0.15) is 18.9 Å². The van der Waals surface area contributed by atoms with E-state index in [0.717, 1.165) is 38.4 Å². The van der Waals surface area contributed by atoms with Gasteiger partial charge in [-0.05, 0) is 25.6 Å². The molecule has 6 heteroatoms. The molecule has 3 rings (SSSR count). The number of urea groups is 1. The van der Waals surface area contributed by atoms with Crippen LogP contribution in [0.15, 0.2) is 24.3 Å². The molecule has 3 amide bonds. The molecule has 1 N–H and O–H groups in total. The van der Waals surface area contributed by atoms with Crippen molar-refractivity contribution in [3.05, 3.63) is 29.8 Å². The lowest BCUT2D eigenvalue weighted by molar-refractivity contribution is -0.117. The van der Waals surface area contributed by atoms with Gasteiger partial charge < -0.3 is 20.0 Å². The fraction of sp³-hybridized carbons (Fsp3) is 0.556. The van der Waals surface area contributed by atoms with E-state index in [1.807, 2.05) is 36.1 Å². The Morgan fingerprint density at radius 1 is 1.17 bits per heavy atom. The van der Waals surface area contributed by atoms with Gasteiger partial charge >= 0.3 is 6.03 Å². The summed E-state index contributed by atoms with van der Waals surface area (Å²) in [6, 6.07) is 7.76. The summed E-state index contributed by atoms with van der Waals surface area (Å²) in [5.41, 5.74) is 2.07. The minimum atomic E-state index is -0.115. The predicted molar refractivity (Wildman–Crippen MR) is 94.2 cm³/mol. The van der Waals surface area contributed by atoms with Crippen LogP contribution in [-0.2, 0) is 4.79 Å². The van der Waals surface area contributed by atoms with E-state index >= 15 is 0 Å². The first-order chi connectivity index (χ1) is 11.6. The van der Waals surface area contributed by atoms with E-state index in [0.29, 0.717) is 13.0 Å². The molecular weight excluding hydrogens is 304 g/mol. The van der Waals surface area contributed by atoms with E-state index in [4.69, 9.17) is 0 Å². The van der Waals surface area contributed by atoms with Crippen molar-refractivity contribution in [3.63, 3.8) is 0 Å². The van der Waals surface area contributed by atoms with Gasteiger partial charge in [0.05, 0.1) is 6.04 Å². The second kappa shape index (κ2) is 7.21. The van der Waals surface area contributed by atoms with Crippen LogP contribution in [0.5, 0.6) is 0 Å². The number of nitrogens with zero attached hydrogens (tertiary/aromatic N) is 3. The molecule has 0 unspecified atom stereocenters. The summed E-state index contributed by atoms with van der Waals surface area (Å²) in [5, 5.41) is 3.03. The van der Waals surface area contributed by atoms with Gasteiger partial charge in [0.2, 0.25) is 5.91 Å². The first kappa shape index (κ1) is 16.8. The number of rotatable bonds is 3. The number of hydrogen-bond acceptors (Lipinski definition) is 3. The molecule has 0 aliphatic carbocycles. The number of likely N-dealkylation sites (N-methyl/N-ethyl adjacent to an activating group) is 1. The fourth-order valence-electron chi connectivity index (χ4n) is 3.31. The summed E-state index contributed by atoms with van der Waals surface area (Å²) in [6.07, 6.45) is 0.370. The van der Waals surface area contributed by atoms with Crippen molar-refractivity contribution < 1.29 is 9.59 Å². The van der Waals surface area contributed by atoms with Gasteiger partial charge in [0.1, 0.15) is 0 Å². The molecule has 130 valence electrons. The maximum atomic E-state index is 12.4. The van der Waals surface area contributed by atoms with Gasteiger partial charge in [-0.1, -0.05) is 24.6 Å². The minimum Gasteiger partial charge on any atom is -0.333 e. The quantitative estimate of drug-likeness (QED) is 0.913. The van der Waals surface area contributed by atoms with Gasteiger partial charge in [-0.25, -0.2) is 4.79 Å². The molecular formula is C18H26N4O2. The lowest BCUT2D eigenvalue weighted by Gasteiger charge is -2.34. The molecule has 0 radical (unpaired) electrons. The Balaban J connectivity index is 1.54. The summed E-state index contributed by atoms with van der Waals surface area (Å²) in [6.45, 7) is 9.08. The fourth-order valence-corrected chi connectivity index (χ4v) is 3.31. The number of anilines is 1. The van der Waals surface area contributed by atoms with Gasteiger partial charge in [-0.15, -0.1) is 0 Å². The molecule has 0 aromatic heterocycles. The van der Waals surface area contributed by atoms with Crippen LogP contribution in [-0.4, -0.2) is 67.0 Å². The first-order valence-corrected chi connectivity index (χ1v) is 8.71. The van der Waals surface area contributed by atoms with E-state index in [1.54, 1.807) is 4.90 Å². The van der Waals surface area contributed by atoms with E-state index in [9.17, 15) is 9.59 Å². The molecule has 2 aliphatic heterocycles. The highest BCUT2D eigenvalue weighted by Gasteiger charge is 2.32. The Hall–Kier alpha value is -2.08. The smallest absolute Gasteiger partial charge is 0.317 e. The third-order valence-electron chi connectivity index (χ3n) is 4.90. The van der Waals surface area contributed by atoms with Gasteiger partial charge in [0.15, 0.2) is 0 Å². The Morgan fingerprint density at radius 2 is 1.83 bits per heavy atom. The van der Waals surface area contributed by atoms with E-state index in [1.165, 1.54) is 5.56 Å². The van der Waals surface area contributed by atoms with Crippen molar-refractivity contribution >= 4 is 17.6 Å². The third kappa shape index (κ3) is 3.70. The molecule has 6 nitrogen and oxygen atoms in total. The molecule has 24 heavy (non-hydrogen) atoms. The van der Waals surface area contributed by atoms with Crippen molar-refractivity contribution in [3.8, 4) is 0 Å². The van der Waals surface area contributed by atoms with Gasteiger partial charge in [-0.3, -0.25) is 4.79 Å². The molecule has 2 aliphatic rings. The molecule has 0 saturated carbocycles. The van der Waals surface area contributed by atoms with Crippen LogP contribution in [0, 0.1) is 6.92 Å². The summed E-state index contributed by atoms with van der Waals surface area (Å²) in [4.78, 5) is 30.6. The molecule has 0 spiro atoms. The highest BCUT2D eigenvalue weighted by molar-refractivity contribution is 5.96. The number of hydrogen-bond donors (Lipinski definition) is 1. The maximum Gasteiger partial charge on any atom is 0.317 e. The van der Waals surface area contributed by atoms with Gasteiger partial charge in [-0.2, -0.15) is 0 Å². The Kier molecular flexibility index (Phi) is 5.04. The molecule has 1 aromatic carbocycles. The Bertz CT molecular complexity index is 594. The Morgan fingerprint density at radius 3 is 2.46 bits per heavy atom. The average molecular weight is 330 g/mol. The highest BCUT2D eigenvalue weighted by atomic mass is 16.2. The largest absolute Gasteiger partial charge is 0.333 e. The monoisotopic (exact) mass is 330 g/mol. The summed E-state index contributed by atoms with van der Waals surface area (Å²) < 4.78 is 0. The lowest BCUT2D eigenvalue weighted by Crippen LogP contribution is -2.53.